The number of fused-ring (bicyclic) bond motifs is 1. The van der Waals surface area contributed by atoms with E-state index in [1.54, 1.807) is 13.1 Å². The van der Waals surface area contributed by atoms with E-state index in [9.17, 15) is 8.78 Å². The summed E-state index contributed by atoms with van der Waals surface area (Å²) in [6.07, 6.45) is 0. The van der Waals surface area contributed by atoms with Gasteiger partial charge in [-0.1, -0.05) is 37.3 Å². The lowest BCUT2D eigenvalue weighted by molar-refractivity contribution is -0.0505. The molecule has 0 radical (unpaired) electrons. The van der Waals surface area contributed by atoms with E-state index in [-0.39, 0.29) is 49.0 Å². The third kappa shape index (κ3) is 6.34. The van der Waals surface area contributed by atoms with Crippen molar-refractivity contribution in [1.82, 2.24) is 10.6 Å². The molecule has 2 aromatic rings. The minimum atomic E-state index is -2.93. The lowest BCUT2D eigenvalue weighted by Gasteiger charge is -2.17. The van der Waals surface area contributed by atoms with Crippen LogP contribution in [0.4, 0.5) is 8.78 Å². The van der Waals surface area contributed by atoms with Gasteiger partial charge < -0.3 is 24.8 Å². The Bertz CT molecular complexity index is 822. The van der Waals surface area contributed by atoms with Gasteiger partial charge in [-0.3, -0.25) is 4.99 Å². The number of hydrogen-bond donors (Lipinski definition) is 2. The van der Waals surface area contributed by atoms with Crippen LogP contribution in [-0.2, 0) is 6.54 Å². The van der Waals surface area contributed by atoms with E-state index in [2.05, 4.69) is 39.4 Å². The van der Waals surface area contributed by atoms with Gasteiger partial charge in [-0.25, -0.2) is 0 Å². The summed E-state index contributed by atoms with van der Waals surface area (Å²) in [6.45, 7) is 0.148. The number of rotatable bonds is 7. The number of benzene rings is 2. The summed E-state index contributed by atoms with van der Waals surface area (Å²) in [4.78, 5) is 4.18. The van der Waals surface area contributed by atoms with Gasteiger partial charge in [0.25, 0.3) is 0 Å². The molecule has 2 aromatic carbocycles. The fourth-order valence-electron chi connectivity index (χ4n) is 2.86. The minimum absolute atomic E-state index is 0. The maximum Gasteiger partial charge on any atom is 0.387 e. The van der Waals surface area contributed by atoms with Crippen molar-refractivity contribution in [3.8, 4) is 17.2 Å². The van der Waals surface area contributed by atoms with Gasteiger partial charge in [0.05, 0.1) is 0 Å². The monoisotopic (exact) mass is 519 g/mol. The van der Waals surface area contributed by atoms with E-state index < -0.39 is 6.61 Å². The van der Waals surface area contributed by atoms with E-state index in [1.165, 1.54) is 11.6 Å². The summed E-state index contributed by atoms with van der Waals surface area (Å²) in [7, 11) is 1.65. The Morgan fingerprint density at radius 1 is 1.14 bits per heavy atom. The van der Waals surface area contributed by atoms with Gasteiger partial charge >= 0.3 is 6.61 Å². The number of nitrogens with zero attached hydrogens (tertiary/aromatic N) is 1. The Morgan fingerprint density at radius 3 is 2.48 bits per heavy atom. The molecule has 0 spiro atoms. The molecule has 2 N–H and O–H groups in total. The fraction of sp³-hybridized carbons (Fsp3) is 0.350. The molecule has 0 bridgehead atoms. The van der Waals surface area contributed by atoms with Crippen LogP contribution >= 0.6 is 24.0 Å². The Balaban J connectivity index is 0.00000300. The number of ether oxygens (including phenoxy) is 3. The van der Waals surface area contributed by atoms with E-state index in [0.29, 0.717) is 29.6 Å². The summed E-state index contributed by atoms with van der Waals surface area (Å²) >= 11 is 0. The van der Waals surface area contributed by atoms with Crippen molar-refractivity contribution in [2.75, 3.05) is 20.4 Å². The van der Waals surface area contributed by atoms with Crippen molar-refractivity contribution in [3.63, 3.8) is 0 Å². The normalized spacial score (nSPS) is 13.6. The third-order valence-electron chi connectivity index (χ3n) is 4.39. The van der Waals surface area contributed by atoms with Crippen molar-refractivity contribution >= 4 is 29.9 Å². The molecular weight excluding hydrogens is 495 g/mol. The Labute approximate surface area is 185 Å². The number of guanidine groups is 1. The number of nitrogens with one attached hydrogen (secondary N) is 2. The predicted octanol–water partition coefficient (Wildman–Crippen LogP) is 4.10. The molecule has 0 saturated heterocycles. The first kappa shape index (κ1) is 23.0. The predicted molar refractivity (Wildman–Crippen MR) is 118 cm³/mol. The summed E-state index contributed by atoms with van der Waals surface area (Å²) < 4.78 is 40.6. The van der Waals surface area contributed by atoms with Crippen LogP contribution < -0.4 is 24.8 Å². The minimum Gasteiger partial charge on any atom is -0.454 e. The Morgan fingerprint density at radius 2 is 1.83 bits per heavy atom. The molecule has 0 saturated carbocycles. The quantitative estimate of drug-likeness (QED) is 0.328. The second kappa shape index (κ2) is 11.0. The van der Waals surface area contributed by atoms with Crippen LogP contribution in [0.25, 0.3) is 0 Å². The molecule has 0 amide bonds. The molecule has 0 fully saturated rings. The van der Waals surface area contributed by atoms with E-state index >= 15 is 0 Å². The van der Waals surface area contributed by atoms with E-state index in [1.807, 2.05) is 18.2 Å². The van der Waals surface area contributed by atoms with Crippen LogP contribution in [0.5, 0.6) is 17.2 Å². The molecule has 0 aliphatic carbocycles. The first-order valence-electron chi connectivity index (χ1n) is 8.93. The van der Waals surface area contributed by atoms with E-state index in [0.717, 1.165) is 0 Å². The molecule has 158 valence electrons. The van der Waals surface area contributed by atoms with Gasteiger partial charge in [0, 0.05) is 31.8 Å². The standard InChI is InChI=1S/C20H23F2N3O3.HI/c1-13(14-6-4-3-5-7-14)10-24-20(23-2)25-11-15-8-17-18(27-12-26-17)9-16(15)28-19(21)22;/h3-9,13,19H,10-12H2,1-2H3,(H2,23,24,25);1H. The number of hydrogen-bond acceptors (Lipinski definition) is 4. The molecule has 29 heavy (non-hydrogen) atoms. The van der Waals surface area contributed by atoms with E-state index in [4.69, 9.17) is 9.47 Å². The van der Waals surface area contributed by atoms with Crippen LogP contribution in [-0.4, -0.2) is 33.0 Å². The average molecular weight is 519 g/mol. The van der Waals surface area contributed by atoms with Crippen molar-refractivity contribution in [1.29, 1.82) is 0 Å². The summed E-state index contributed by atoms with van der Waals surface area (Å²) in [6, 6.07) is 13.2. The van der Waals surface area contributed by atoms with Gasteiger partial charge in [-0.2, -0.15) is 8.78 Å². The molecule has 0 aromatic heterocycles. The number of alkyl halides is 2. The topological polar surface area (TPSA) is 64.1 Å². The maximum atomic E-state index is 12.7. The van der Waals surface area contributed by atoms with Gasteiger partial charge in [0.1, 0.15) is 5.75 Å². The van der Waals surface area contributed by atoms with Gasteiger partial charge in [0.15, 0.2) is 17.5 Å². The highest BCUT2D eigenvalue weighted by Gasteiger charge is 2.20. The fourth-order valence-corrected chi connectivity index (χ4v) is 2.86. The third-order valence-corrected chi connectivity index (χ3v) is 4.39. The molecule has 1 aliphatic heterocycles. The van der Waals surface area contributed by atoms with Crippen LogP contribution in [0.3, 0.4) is 0 Å². The second-order valence-electron chi connectivity index (χ2n) is 6.31. The molecule has 6 nitrogen and oxygen atoms in total. The highest BCUT2D eigenvalue weighted by Crippen LogP contribution is 2.38. The summed E-state index contributed by atoms with van der Waals surface area (Å²) in [5.41, 5.74) is 1.73. The molecule has 3 rings (SSSR count). The Kier molecular flexibility index (Phi) is 8.74. The average Bonchev–Trinajstić information content (AvgIpc) is 3.15. The highest BCUT2D eigenvalue weighted by atomic mass is 127. The zero-order valence-corrected chi connectivity index (χ0v) is 18.5. The largest absolute Gasteiger partial charge is 0.454 e. The second-order valence-corrected chi connectivity index (χ2v) is 6.31. The molecule has 1 atom stereocenters. The summed E-state index contributed by atoms with van der Waals surface area (Å²) in [5, 5.41) is 6.36. The first-order valence-corrected chi connectivity index (χ1v) is 8.93. The lowest BCUT2D eigenvalue weighted by atomic mass is 10.0. The lowest BCUT2D eigenvalue weighted by Crippen LogP contribution is -2.38. The van der Waals surface area contributed by atoms with Crippen LogP contribution in [0.1, 0.15) is 24.0 Å². The Hall–Kier alpha value is -2.30. The van der Waals surface area contributed by atoms with Gasteiger partial charge in [-0.15, -0.1) is 24.0 Å². The van der Waals surface area contributed by atoms with Crippen molar-refractivity contribution in [2.45, 2.75) is 26.0 Å². The van der Waals surface area contributed by atoms with Crippen LogP contribution in [0.15, 0.2) is 47.5 Å². The molecule has 1 heterocycles. The highest BCUT2D eigenvalue weighted by molar-refractivity contribution is 14.0. The molecule has 9 heteroatoms. The molecular formula is C20H24F2IN3O3. The number of halogens is 3. The number of aliphatic imine (C=N–C) groups is 1. The summed E-state index contributed by atoms with van der Waals surface area (Å²) in [5.74, 6) is 1.77. The smallest absolute Gasteiger partial charge is 0.387 e. The molecule has 1 aliphatic rings. The zero-order valence-electron chi connectivity index (χ0n) is 16.2. The van der Waals surface area contributed by atoms with Crippen molar-refractivity contribution in [3.05, 3.63) is 53.6 Å². The van der Waals surface area contributed by atoms with Crippen LogP contribution in [0, 0.1) is 0 Å². The molecule has 1 unspecified atom stereocenters. The van der Waals surface area contributed by atoms with Crippen molar-refractivity contribution in [2.24, 2.45) is 4.99 Å². The SMILES string of the molecule is CN=C(NCc1cc2c(cc1OC(F)F)OCO2)NCC(C)c1ccccc1.I. The van der Waals surface area contributed by atoms with Crippen LogP contribution in [0.2, 0.25) is 0 Å². The first-order chi connectivity index (χ1) is 13.6. The maximum absolute atomic E-state index is 12.7. The zero-order chi connectivity index (χ0) is 19.9. The van der Waals surface area contributed by atoms with Gasteiger partial charge in [-0.05, 0) is 17.5 Å². The van der Waals surface area contributed by atoms with Gasteiger partial charge in [0.2, 0.25) is 6.79 Å². The van der Waals surface area contributed by atoms with Crippen molar-refractivity contribution < 1.29 is 23.0 Å².